The number of benzene rings is 3. The number of hydrogen-bond donors (Lipinski definition) is 1. The van der Waals surface area contributed by atoms with Crippen molar-refractivity contribution >= 4 is 70.8 Å². The first-order chi connectivity index (χ1) is 13.9. The summed E-state index contributed by atoms with van der Waals surface area (Å²) in [6.07, 6.45) is 3.46. The quantitative estimate of drug-likeness (QED) is 0.301. The van der Waals surface area contributed by atoms with E-state index >= 15 is 0 Å². The number of hydrogen-bond acceptors (Lipinski definition) is 3. The molecule has 0 aliphatic heterocycles. The molecule has 1 heterocycles. The lowest BCUT2D eigenvalue weighted by molar-refractivity contribution is 0.474. The fourth-order valence-electron chi connectivity index (χ4n) is 2.97. The first-order valence-electron chi connectivity index (χ1n) is 8.58. The van der Waals surface area contributed by atoms with E-state index in [0.29, 0.717) is 28.0 Å². The molecular formula is C22H13Br3N2O2. The van der Waals surface area contributed by atoms with Crippen LogP contribution in [0, 0.1) is 0 Å². The van der Waals surface area contributed by atoms with Crippen LogP contribution >= 0.6 is 47.8 Å². The second-order valence-corrected chi connectivity index (χ2v) is 8.95. The highest BCUT2D eigenvalue weighted by Crippen LogP contribution is 2.27. The molecule has 0 radical (unpaired) electrons. The van der Waals surface area contributed by atoms with Gasteiger partial charge >= 0.3 is 0 Å². The fourth-order valence-corrected chi connectivity index (χ4v) is 4.13. The molecule has 0 bridgehead atoms. The normalized spacial score (nSPS) is 11.4. The molecule has 0 atom stereocenters. The number of halogens is 3. The van der Waals surface area contributed by atoms with Crippen LogP contribution in [0.15, 0.2) is 78.9 Å². The summed E-state index contributed by atoms with van der Waals surface area (Å²) >= 11 is 10.4. The fraction of sp³-hybridized carbons (Fsp3) is 0. The summed E-state index contributed by atoms with van der Waals surface area (Å²) in [6.45, 7) is 0. The van der Waals surface area contributed by atoms with Crippen molar-refractivity contribution in [3.8, 4) is 11.4 Å². The van der Waals surface area contributed by atoms with Gasteiger partial charge in [0.1, 0.15) is 11.6 Å². The van der Waals surface area contributed by atoms with E-state index in [0.717, 1.165) is 13.4 Å². The third kappa shape index (κ3) is 4.08. The van der Waals surface area contributed by atoms with Crippen molar-refractivity contribution < 1.29 is 5.11 Å². The lowest BCUT2D eigenvalue weighted by atomic mass is 10.2. The standard InChI is InChI=1S/C22H13Br3N2O2/c23-14-7-9-20(28)13(11-14)5-10-21-26-18-4-2-1-3-16(18)22(29)27(21)19-12-15(24)6-8-17(19)25/h1-12,28H/b10-5+. The minimum atomic E-state index is -0.174. The van der Waals surface area contributed by atoms with Crippen LogP contribution in [-0.2, 0) is 0 Å². The van der Waals surface area contributed by atoms with Crippen LogP contribution in [0.25, 0.3) is 28.7 Å². The molecule has 0 spiro atoms. The van der Waals surface area contributed by atoms with Gasteiger partial charge in [0.05, 0.1) is 16.6 Å². The second kappa shape index (κ2) is 8.26. The molecule has 144 valence electrons. The molecule has 7 heteroatoms. The minimum absolute atomic E-state index is 0.141. The summed E-state index contributed by atoms with van der Waals surface area (Å²) in [7, 11) is 0. The predicted octanol–water partition coefficient (Wildman–Crippen LogP) is 6.55. The van der Waals surface area contributed by atoms with Crippen LogP contribution in [0.2, 0.25) is 0 Å². The second-order valence-electron chi connectivity index (χ2n) is 6.26. The molecular weight excluding hydrogens is 564 g/mol. The molecule has 0 saturated carbocycles. The Morgan fingerprint density at radius 2 is 1.62 bits per heavy atom. The van der Waals surface area contributed by atoms with E-state index in [1.807, 2.05) is 36.4 Å². The number of para-hydroxylation sites is 1. The maximum atomic E-state index is 13.3. The van der Waals surface area contributed by atoms with Crippen LogP contribution in [-0.4, -0.2) is 14.7 Å². The van der Waals surface area contributed by atoms with Crippen LogP contribution in [0.4, 0.5) is 0 Å². The Morgan fingerprint density at radius 3 is 2.45 bits per heavy atom. The summed E-state index contributed by atoms with van der Waals surface area (Å²) in [5.74, 6) is 0.592. The molecule has 1 aromatic heterocycles. The average Bonchev–Trinajstić information content (AvgIpc) is 2.71. The van der Waals surface area contributed by atoms with Gasteiger partial charge in [0.25, 0.3) is 5.56 Å². The molecule has 0 saturated heterocycles. The van der Waals surface area contributed by atoms with Gasteiger partial charge in [-0.25, -0.2) is 4.98 Å². The van der Waals surface area contributed by atoms with Gasteiger partial charge in [-0.05, 0) is 76.6 Å². The summed E-state index contributed by atoms with van der Waals surface area (Å²) in [4.78, 5) is 18.0. The summed E-state index contributed by atoms with van der Waals surface area (Å²) in [5.41, 5.74) is 1.72. The van der Waals surface area contributed by atoms with Gasteiger partial charge in [0.15, 0.2) is 0 Å². The third-order valence-electron chi connectivity index (χ3n) is 4.35. The number of phenols is 1. The molecule has 3 aromatic carbocycles. The van der Waals surface area contributed by atoms with E-state index in [4.69, 9.17) is 4.98 Å². The van der Waals surface area contributed by atoms with Gasteiger partial charge in [0, 0.05) is 19.0 Å². The van der Waals surface area contributed by atoms with Crippen molar-refractivity contribution in [2.45, 2.75) is 0 Å². The molecule has 0 aliphatic rings. The van der Waals surface area contributed by atoms with Gasteiger partial charge in [-0.1, -0.05) is 44.0 Å². The minimum Gasteiger partial charge on any atom is -0.507 e. The van der Waals surface area contributed by atoms with Crippen molar-refractivity contribution in [1.82, 2.24) is 9.55 Å². The lowest BCUT2D eigenvalue weighted by Gasteiger charge is -2.13. The highest BCUT2D eigenvalue weighted by atomic mass is 79.9. The van der Waals surface area contributed by atoms with Crippen LogP contribution < -0.4 is 5.56 Å². The molecule has 29 heavy (non-hydrogen) atoms. The molecule has 0 aliphatic carbocycles. The first kappa shape index (κ1) is 20.1. The molecule has 1 N–H and O–H groups in total. The van der Waals surface area contributed by atoms with Crippen molar-refractivity contribution in [1.29, 1.82) is 0 Å². The topological polar surface area (TPSA) is 55.1 Å². The smallest absolute Gasteiger partial charge is 0.266 e. The van der Waals surface area contributed by atoms with Crippen LogP contribution in [0.5, 0.6) is 5.75 Å². The number of nitrogens with zero attached hydrogens (tertiary/aromatic N) is 2. The van der Waals surface area contributed by atoms with Crippen molar-refractivity contribution in [3.05, 3.63) is 95.8 Å². The van der Waals surface area contributed by atoms with Crippen molar-refractivity contribution in [3.63, 3.8) is 0 Å². The van der Waals surface area contributed by atoms with E-state index in [-0.39, 0.29) is 11.3 Å². The Morgan fingerprint density at radius 1 is 0.897 bits per heavy atom. The summed E-state index contributed by atoms with van der Waals surface area (Å²) < 4.78 is 4.01. The van der Waals surface area contributed by atoms with Gasteiger partial charge in [-0.3, -0.25) is 9.36 Å². The van der Waals surface area contributed by atoms with Crippen LogP contribution in [0.3, 0.4) is 0 Å². The Balaban J connectivity index is 2.00. The molecule has 0 amide bonds. The molecule has 4 aromatic rings. The Labute approximate surface area is 191 Å². The number of rotatable bonds is 3. The van der Waals surface area contributed by atoms with Crippen molar-refractivity contribution in [2.24, 2.45) is 0 Å². The zero-order valence-electron chi connectivity index (χ0n) is 14.8. The SMILES string of the molecule is O=c1c2ccccc2nc(/C=C/c2cc(Br)ccc2O)n1-c1cc(Br)ccc1Br. The van der Waals surface area contributed by atoms with Gasteiger partial charge < -0.3 is 5.11 Å². The molecule has 4 nitrogen and oxygen atoms in total. The summed E-state index contributed by atoms with van der Waals surface area (Å²) in [5, 5.41) is 10.7. The van der Waals surface area contributed by atoms with E-state index < -0.39 is 0 Å². The number of aromatic nitrogens is 2. The van der Waals surface area contributed by atoms with E-state index in [9.17, 15) is 9.90 Å². The highest BCUT2D eigenvalue weighted by molar-refractivity contribution is 9.11. The largest absolute Gasteiger partial charge is 0.507 e. The maximum Gasteiger partial charge on any atom is 0.266 e. The first-order valence-corrected chi connectivity index (χ1v) is 11.0. The van der Waals surface area contributed by atoms with E-state index in [2.05, 4.69) is 47.8 Å². The maximum absolute atomic E-state index is 13.3. The zero-order valence-corrected chi connectivity index (χ0v) is 19.6. The highest BCUT2D eigenvalue weighted by Gasteiger charge is 2.14. The van der Waals surface area contributed by atoms with Crippen LogP contribution in [0.1, 0.15) is 11.4 Å². The lowest BCUT2D eigenvalue weighted by Crippen LogP contribution is -2.22. The number of phenolic OH excluding ortho intramolecular Hbond substituents is 1. The third-order valence-corrected chi connectivity index (χ3v) is 6.01. The predicted molar refractivity (Wildman–Crippen MR) is 127 cm³/mol. The molecule has 0 unspecified atom stereocenters. The monoisotopic (exact) mass is 574 g/mol. The van der Waals surface area contributed by atoms with E-state index in [1.54, 1.807) is 41.0 Å². The number of fused-ring (bicyclic) bond motifs is 1. The Bertz CT molecular complexity index is 1330. The summed E-state index contributed by atoms with van der Waals surface area (Å²) in [6, 6.07) is 18.0. The van der Waals surface area contributed by atoms with E-state index in [1.165, 1.54) is 0 Å². The van der Waals surface area contributed by atoms with Crippen molar-refractivity contribution in [2.75, 3.05) is 0 Å². The number of aromatic hydroxyl groups is 1. The van der Waals surface area contributed by atoms with Gasteiger partial charge in [-0.15, -0.1) is 0 Å². The Kier molecular flexibility index (Phi) is 5.72. The molecule has 0 fully saturated rings. The Hall–Kier alpha value is -2.22. The van der Waals surface area contributed by atoms with Gasteiger partial charge in [0.2, 0.25) is 0 Å². The average molecular weight is 577 g/mol. The zero-order chi connectivity index (χ0) is 20.5. The van der Waals surface area contributed by atoms with Gasteiger partial charge in [-0.2, -0.15) is 0 Å². The molecule has 4 rings (SSSR count).